The second kappa shape index (κ2) is 9.77. The van der Waals surface area contributed by atoms with Crippen molar-refractivity contribution in [2.24, 2.45) is 5.92 Å². The van der Waals surface area contributed by atoms with Crippen LogP contribution in [0, 0.1) is 5.92 Å². The van der Waals surface area contributed by atoms with Crippen LogP contribution in [-0.4, -0.2) is 43.3 Å². The molecule has 5 heteroatoms. The molecule has 0 aromatic carbocycles. The summed E-state index contributed by atoms with van der Waals surface area (Å²) in [6.07, 6.45) is 7.86. The third-order valence-corrected chi connectivity index (χ3v) is 4.09. The Kier molecular flexibility index (Phi) is 8.38. The number of hydrogen-bond acceptors (Lipinski definition) is 4. The minimum absolute atomic E-state index is 0.167. The third kappa shape index (κ3) is 5.55. The van der Waals surface area contributed by atoms with Gasteiger partial charge in [-0.2, -0.15) is 0 Å². The van der Waals surface area contributed by atoms with Crippen molar-refractivity contribution in [2.75, 3.05) is 20.5 Å². The zero-order chi connectivity index (χ0) is 16.4. The number of carboxylic acid groups (broad SMARTS) is 1. The smallest absolute Gasteiger partial charge is 0.336 e. The summed E-state index contributed by atoms with van der Waals surface area (Å²) in [7, 11) is 1.61. The van der Waals surface area contributed by atoms with Crippen molar-refractivity contribution in [1.29, 1.82) is 0 Å². The molecule has 0 bridgehead atoms. The molecule has 0 aliphatic heterocycles. The summed E-state index contributed by atoms with van der Waals surface area (Å²) in [6.45, 7) is 7.99. The van der Waals surface area contributed by atoms with Crippen LogP contribution in [0.4, 0.5) is 0 Å². The highest BCUT2D eigenvalue weighted by Crippen LogP contribution is 2.30. The van der Waals surface area contributed by atoms with E-state index >= 15 is 0 Å². The van der Waals surface area contributed by atoms with Crippen LogP contribution in [0.5, 0.6) is 0 Å². The molecule has 1 saturated carbocycles. The number of hydrogen-bond donors (Lipinski definition) is 1. The Bertz CT molecular complexity index is 356. The summed E-state index contributed by atoms with van der Waals surface area (Å²) in [4.78, 5) is 11.6. The molecular formula is C17H28O5. The fraction of sp³-hybridized carbons (Fsp3) is 0.706. The summed E-state index contributed by atoms with van der Waals surface area (Å²) in [5.41, 5.74) is -1.25. The lowest BCUT2D eigenvalue weighted by molar-refractivity contribution is -0.168. The van der Waals surface area contributed by atoms with Gasteiger partial charge in [-0.15, -0.1) is 13.2 Å². The zero-order valence-electron chi connectivity index (χ0n) is 13.5. The van der Waals surface area contributed by atoms with Gasteiger partial charge in [-0.3, -0.25) is 0 Å². The Balaban J connectivity index is 2.57. The first-order valence-electron chi connectivity index (χ1n) is 7.77. The van der Waals surface area contributed by atoms with E-state index in [1.165, 1.54) is 0 Å². The van der Waals surface area contributed by atoms with Crippen LogP contribution in [0.2, 0.25) is 0 Å². The molecule has 0 radical (unpaired) electrons. The summed E-state index contributed by atoms with van der Waals surface area (Å²) < 4.78 is 16.4. The molecule has 0 unspecified atom stereocenters. The zero-order valence-corrected chi connectivity index (χ0v) is 13.5. The van der Waals surface area contributed by atoms with E-state index in [1.54, 1.807) is 19.3 Å². The van der Waals surface area contributed by atoms with E-state index in [-0.39, 0.29) is 18.9 Å². The van der Waals surface area contributed by atoms with Crippen LogP contribution < -0.4 is 0 Å². The quantitative estimate of drug-likeness (QED) is 0.469. The molecule has 1 aliphatic carbocycles. The predicted octanol–water partition coefficient (Wildman–Crippen LogP) is 3.16. The van der Waals surface area contributed by atoms with Crippen LogP contribution in [0.1, 0.15) is 38.5 Å². The fourth-order valence-electron chi connectivity index (χ4n) is 2.89. The average molecular weight is 312 g/mol. The van der Waals surface area contributed by atoms with Gasteiger partial charge in [-0.25, -0.2) is 4.79 Å². The monoisotopic (exact) mass is 312 g/mol. The minimum atomic E-state index is -1.25. The maximum atomic E-state index is 11.6. The van der Waals surface area contributed by atoms with E-state index in [9.17, 15) is 9.90 Å². The van der Waals surface area contributed by atoms with E-state index in [4.69, 9.17) is 14.2 Å². The van der Waals surface area contributed by atoms with Crippen LogP contribution >= 0.6 is 0 Å². The molecule has 1 rings (SSSR count). The number of methoxy groups -OCH3 is 1. The van der Waals surface area contributed by atoms with E-state index in [0.717, 1.165) is 25.7 Å². The molecule has 126 valence electrons. The lowest BCUT2D eigenvalue weighted by Crippen LogP contribution is -2.42. The Hall–Kier alpha value is -1.17. The number of carbonyl (C=O) groups is 1. The van der Waals surface area contributed by atoms with E-state index in [0.29, 0.717) is 19.3 Å². The molecule has 0 aromatic heterocycles. The van der Waals surface area contributed by atoms with Crippen LogP contribution in [0.15, 0.2) is 25.3 Å². The number of carboxylic acids is 1. The van der Waals surface area contributed by atoms with Gasteiger partial charge < -0.3 is 19.3 Å². The van der Waals surface area contributed by atoms with Gasteiger partial charge in [0.05, 0.1) is 12.7 Å². The van der Waals surface area contributed by atoms with Crippen molar-refractivity contribution in [1.82, 2.24) is 0 Å². The Labute approximate surface area is 132 Å². The minimum Gasteiger partial charge on any atom is -0.479 e. The Morgan fingerprint density at radius 1 is 1.32 bits per heavy atom. The molecule has 2 atom stereocenters. The molecule has 0 saturated heterocycles. The van der Waals surface area contributed by atoms with Gasteiger partial charge in [-0.1, -0.05) is 18.6 Å². The SMILES string of the molecule is C=CCC(CC=C)(OC[C@H]1CCC[C@@H](OCOC)C1)C(=O)O. The molecule has 5 nitrogen and oxygen atoms in total. The third-order valence-electron chi connectivity index (χ3n) is 4.09. The average Bonchev–Trinajstić information content (AvgIpc) is 2.51. The maximum absolute atomic E-state index is 11.6. The first-order chi connectivity index (χ1) is 10.6. The first kappa shape index (κ1) is 18.9. The van der Waals surface area contributed by atoms with Gasteiger partial charge in [0.15, 0.2) is 5.60 Å². The highest BCUT2D eigenvalue weighted by atomic mass is 16.7. The van der Waals surface area contributed by atoms with Gasteiger partial charge in [0.2, 0.25) is 0 Å². The van der Waals surface area contributed by atoms with Crippen molar-refractivity contribution in [3.05, 3.63) is 25.3 Å². The molecule has 22 heavy (non-hydrogen) atoms. The second-order valence-electron chi connectivity index (χ2n) is 5.82. The van der Waals surface area contributed by atoms with Gasteiger partial charge in [0.1, 0.15) is 6.79 Å². The maximum Gasteiger partial charge on any atom is 0.336 e. The highest BCUT2D eigenvalue weighted by Gasteiger charge is 2.38. The summed E-state index contributed by atoms with van der Waals surface area (Å²) in [5, 5.41) is 9.52. The second-order valence-corrected chi connectivity index (χ2v) is 5.82. The topological polar surface area (TPSA) is 65.0 Å². The molecule has 1 aliphatic rings. The van der Waals surface area contributed by atoms with Gasteiger partial charge in [0.25, 0.3) is 0 Å². The molecule has 0 amide bonds. The fourth-order valence-corrected chi connectivity index (χ4v) is 2.89. The van der Waals surface area contributed by atoms with Crippen LogP contribution in [0.3, 0.4) is 0 Å². The van der Waals surface area contributed by atoms with Crippen molar-refractivity contribution < 1.29 is 24.1 Å². The predicted molar refractivity (Wildman–Crippen MR) is 84.7 cm³/mol. The number of ether oxygens (including phenoxy) is 3. The summed E-state index contributed by atoms with van der Waals surface area (Å²) in [6, 6.07) is 0. The molecular weight excluding hydrogens is 284 g/mol. The molecule has 0 spiro atoms. The normalized spacial score (nSPS) is 22.2. The van der Waals surface area contributed by atoms with Gasteiger partial charge >= 0.3 is 5.97 Å². The molecule has 1 fully saturated rings. The summed E-state index contributed by atoms with van der Waals surface area (Å²) in [5.74, 6) is -0.653. The largest absolute Gasteiger partial charge is 0.479 e. The van der Waals surface area contributed by atoms with E-state index in [2.05, 4.69) is 13.2 Å². The molecule has 1 N–H and O–H groups in total. The Morgan fingerprint density at radius 2 is 2.00 bits per heavy atom. The van der Waals surface area contributed by atoms with Gasteiger partial charge in [-0.05, 0) is 25.2 Å². The molecule has 0 heterocycles. The Morgan fingerprint density at radius 3 is 2.55 bits per heavy atom. The van der Waals surface area contributed by atoms with Crippen LogP contribution in [-0.2, 0) is 19.0 Å². The van der Waals surface area contributed by atoms with Crippen molar-refractivity contribution in [3.8, 4) is 0 Å². The first-order valence-corrected chi connectivity index (χ1v) is 7.77. The summed E-state index contributed by atoms with van der Waals surface area (Å²) >= 11 is 0. The molecule has 0 aromatic rings. The standard InChI is InChI=1S/C17H28O5/c1-4-9-17(10-5-2,16(18)19)22-12-14-7-6-8-15(11-14)21-13-20-3/h4-5,14-15H,1-2,6-13H2,3H3,(H,18,19)/t14-,15+/m0/s1. The van der Waals surface area contributed by atoms with E-state index < -0.39 is 11.6 Å². The van der Waals surface area contributed by atoms with E-state index in [1.807, 2.05) is 0 Å². The van der Waals surface area contributed by atoms with Crippen molar-refractivity contribution in [3.63, 3.8) is 0 Å². The van der Waals surface area contributed by atoms with Gasteiger partial charge in [0, 0.05) is 20.0 Å². The highest BCUT2D eigenvalue weighted by molar-refractivity contribution is 5.78. The number of rotatable bonds is 11. The van der Waals surface area contributed by atoms with Crippen molar-refractivity contribution >= 4 is 5.97 Å². The lowest BCUT2D eigenvalue weighted by atomic mass is 9.87. The van der Waals surface area contributed by atoms with Crippen LogP contribution in [0.25, 0.3) is 0 Å². The van der Waals surface area contributed by atoms with Crippen molar-refractivity contribution in [2.45, 2.75) is 50.2 Å². The lowest BCUT2D eigenvalue weighted by Gasteiger charge is -2.33. The number of aliphatic carboxylic acids is 1.